The van der Waals surface area contributed by atoms with Crippen LogP contribution in [0, 0.1) is 0 Å². The van der Waals surface area contributed by atoms with Gasteiger partial charge in [0.05, 0.1) is 18.9 Å². The van der Waals surface area contributed by atoms with Crippen LogP contribution in [-0.4, -0.2) is 16.3 Å². The van der Waals surface area contributed by atoms with E-state index in [1.165, 1.54) is 0 Å². The van der Waals surface area contributed by atoms with E-state index in [0.29, 0.717) is 6.61 Å². The lowest BCUT2D eigenvalue weighted by Gasteiger charge is -2.03. The molecule has 10 heavy (non-hydrogen) atoms. The van der Waals surface area contributed by atoms with E-state index in [4.69, 9.17) is 4.74 Å². The lowest BCUT2D eigenvalue weighted by atomic mass is 10.4. The van der Waals surface area contributed by atoms with Gasteiger partial charge < -0.3 is 4.74 Å². The van der Waals surface area contributed by atoms with Crippen molar-refractivity contribution in [2.45, 2.75) is 26.6 Å². The quantitative estimate of drug-likeness (QED) is 0.687. The van der Waals surface area contributed by atoms with Crippen molar-refractivity contribution < 1.29 is 4.74 Å². The van der Waals surface area contributed by atoms with Gasteiger partial charge in [0, 0.05) is 11.8 Å². The number of hydrogen-bond donors (Lipinski definition) is 1. The van der Waals surface area contributed by atoms with Gasteiger partial charge in [0.15, 0.2) is 0 Å². The van der Waals surface area contributed by atoms with E-state index in [1.54, 1.807) is 6.20 Å². The first kappa shape index (κ1) is 7.28. The molecule has 56 valence electrons. The third-order valence-corrected chi connectivity index (χ3v) is 1.14. The van der Waals surface area contributed by atoms with Crippen molar-refractivity contribution >= 4 is 0 Å². The average molecular weight is 140 g/mol. The molecule has 0 aliphatic carbocycles. The summed E-state index contributed by atoms with van der Waals surface area (Å²) in [7, 11) is 0. The summed E-state index contributed by atoms with van der Waals surface area (Å²) in [5, 5.41) is 6.52. The fraction of sp³-hybridized carbons (Fsp3) is 0.571. The molecule has 0 aliphatic rings. The smallest absolute Gasteiger partial charge is 0.0750 e. The van der Waals surface area contributed by atoms with E-state index in [2.05, 4.69) is 10.2 Å². The summed E-state index contributed by atoms with van der Waals surface area (Å²) in [5.74, 6) is 0. The number of nitrogens with zero attached hydrogens (tertiary/aromatic N) is 1. The molecule has 0 saturated carbocycles. The van der Waals surface area contributed by atoms with E-state index < -0.39 is 0 Å². The monoisotopic (exact) mass is 140 g/mol. The van der Waals surface area contributed by atoms with E-state index in [-0.39, 0.29) is 6.10 Å². The first-order chi connectivity index (χ1) is 4.79. The van der Waals surface area contributed by atoms with Gasteiger partial charge in [-0.25, -0.2) is 0 Å². The lowest BCUT2D eigenvalue weighted by molar-refractivity contribution is 0.0657. The van der Waals surface area contributed by atoms with Crippen LogP contribution >= 0.6 is 0 Å². The Bertz CT molecular complexity index is 170. The van der Waals surface area contributed by atoms with Crippen molar-refractivity contribution in [3.8, 4) is 0 Å². The first-order valence-electron chi connectivity index (χ1n) is 3.38. The van der Waals surface area contributed by atoms with Gasteiger partial charge in [0.25, 0.3) is 0 Å². The minimum atomic E-state index is 0.287. The molecule has 0 saturated heterocycles. The highest BCUT2D eigenvalue weighted by molar-refractivity contribution is 4.99. The number of H-pyrrole nitrogens is 1. The minimum Gasteiger partial charge on any atom is -0.374 e. The van der Waals surface area contributed by atoms with Gasteiger partial charge in [-0.1, -0.05) is 0 Å². The zero-order chi connectivity index (χ0) is 7.40. The van der Waals surface area contributed by atoms with Crippen LogP contribution in [0.25, 0.3) is 0 Å². The van der Waals surface area contributed by atoms with Crippen LogP contribution in [0.3, 0.4) is 0 Å². The molecule has 1 heterocycles. The summed E-state index contributed by atoms with van der Waals surface area (Å²) in [6, 6.07) is 0. The third-order valence-electron chi connectivity index (χ3n) is 1.14. The second kappa shape index (κ2) is 3.37. The summed E-state index contributed by atoms with van der Waals surface area (Å²) < 4.78 is 5.33. The van der Waals surface area contributed by atoms with Gasteiger partial charge in [-0.2, -0.15) is 5.10 Å². The zero-order valence-electron chi connectivity index (χ0n) is 6.29. The van der Waals surface area contributed by atoms with E-state index in [9.17, 15) is 0 Å². The Morgan fingerprint density at radius 2 is 2.50 bits per heavy atom. The fourth-order valence-corrected chi connectivity index (χ4v) is 0.619. The van der Waals surface area contributed by atoms with E-state index in [0.717, 1.165) is 5.56 Å². The Kier molecular flexibility index (Phi) is 2.45. The van der Waals surface area contributed by atoms with Gasteiger partial charge in [0.2, 0.25) is 0 Å². The van der Waals surface area contributed by atoms with Crippen LogP contribution in [0.5, 0.6) is 0 Å². The third kappa shape index (κ3) is 2.19. The van der Waals surface area contributed by atoms with E-state index in [1.807, 2.05) is 20.0 Å². The summed E-state index contributed by atoms with van der Waals surface area (Å²) in [5.41, 5.74) is 1.09. The van der Waals surface area contributed by atoms with Crippen LogP contribution in [-0.2, 0) is 11.3 Å². The number of nitrogens with one attached hydrogen (secondary N) is 1. The Labute approximate surface area is 60.4 Å². The molecule has 3 nitrogen and oxygen atoms in total. The molecule has 1 aromatic rings. The predicted octanol–water partition coefficient (Wildman–Crippen LogP) is 1.33. The Morgan fingerprint density at radius 1 is 1.70 bits per heavy atom. The van der Waals surface area contributed by atoms with Crippen molar-refractivity contribution in [1.82, 2.24) is 10.2 Å². The van der Waals surface area contributed by atoms with Crippen LogP contribution in [0.15, 0.2) is 12.4 Å². The number of hydrogen-bond acceptors (Lipinski definition) is 2. The van der Waals surface area contributed by atoms with Gasteiger partial charge in [-0.3, -0.25) is 5.10 Å². The van der Waals surface area contributed by atoms with Crippen LogP contribution < -0.4 is 0 Å². The Morgan fingerprint density at radius 3 is 3.00 bits per heavy atom. The number of aromatic amines is 1. The number of ether oxygens (including phenoxy) is 1. The van der Waals surface area contributed by atoms with Crippen molar-refractivity contribution in [2.75, 3.05) is 0 Å². The zero-order valence-corrected chi connectivity index (χ0v) is 6.29. The first-order valence-corrected chi connectivity index (χ1v) is 3.38. The predicted molar refractivity (Wildman–Crippen MR) is 38.5 cm³/mol. The lowest BCUT2D eigenvalue weighted by Crippen LogP contribution is -2.01. The van der Waals surface area contributed by atoms with Gasteiger partial charge in [-0.05, 0) is 13.8 Å². The highest BCUT2D eigenvalue weighted by Gasteiger charge is 1.95. The molecule has 0 atom stereocenters. The largest absolute Gasteiger partial charge is 0.374 e. The number of aromatic nitrogens is 2. The minimum absolute atomic E-state index is 0.287. The van der Waals surface area contributed by atoms with Crippen LogP contribution in [0.4, 0.5) is 0 Å². The molecule has 1 rings (SSSR count). The second-order valence-corrected chi connectivity index (χ2v) is 2.47. The molecule has 0 radical (unpaired) electrons. The summed E-state index contributed by atoms with van der Waals surface area (Å²) in [4.78, 5) is 0. The molecular weight excluding hydrogens is 128 g/mol. The SMILES string of the molecule is CC(C)OCc1cn[nH]c1. The van der Waals surface area contributed by atoms with Crippen molar-refractivity contribution in [1.29, 1.82) is 0 Å². The fourth-order valence-electron chi connectivity index (χ4n) is 0.619. The standard InChI is InChI=1S/C7H12N2O/c1-6(2)10-5-7-3-8-9-4-7/h3-4,6H,5H2,1-2H3,(H,8,9). The highest BCUT2D eigenvalue weighted by atomic mass is 16.5. The summed E-state index contributed by atoms with van der Waals surface area (Å²) in [6.07, 6.45) is 3.89. The molecule has 0 aliphatic heterocycles. The molecule has 1 aromatic heterocycles. The topological polar surface area (TPSA) is 37.9 Å². The summed E-state index contributed by atoms with van der Waals surface area (Å²) in [6.45, 7) is 4.67. The van der Waals surface area contributed by atoms with Crippen LogP contribution in [0.2, 0.25) is 0 Å². The molecule has 0 spiro atoms. The molecule has 0 bridgehead atoms. The maximum absolute atomic E-state index is 5.33. The Hall–Kier alpha value is -0.830. The van der Waals surface area contributed by atoms with Crippen LogP contribution in [0.1, 0.15) is 19.4 Å². The molecule has 0 aromatic carbocycles. The molecule has 3 heteroatoms. The van der Waals surface area contributed by atoms with Crippen molar-refractivity contribution in [3.63, 3.8) is 0 Å². The molecule has 0 unspecified atom stereocenters. The van der Waals surface area contributed by atoms with Gasteiger partial charge >= 0.3 is 0 Å². The highest BCUT2D eigenvalue weighted by Crippen LogP contribution is 1.98. The molecule has 0 amide bonds. The molecule has 1 N–H and O–H groups in total. The maximum Gasteiger partial charge on any atom is 0.0750 e. The molecule has 0 fully saturated rings. The second-order valence-electron chi connectivity index (χ2n) is 2.47. The molecular formula is C7H12N2O. The van der Waals surface area contributed by atoms with Crippen molar-refractivity contribution in [3.05, 3.63) is 18.0 Å². The van der Waals surface area contributed by atoms with E-state index >= 15 is 0 Å². The average Bonchev–Trinajstić information content (AvgIpc) is 2.34. The number of rotatable bonds is 3. The normalized spacial score (nSPS) is 10.7. The Balaban J connectivity index is 2.28. The van der Waals surface area contributed by atoms with Gasteiger partial charge in [-0.15, -0.1) is 0 Å². The van der Waals surface area contributed by atoms with Crippen molar-refractivity contribution in [2.24, 2.45) is 0 Å². The van der Waals surface area contributed by atoms with Gasteiger partial charge in [0.1, 0.15) is 0 Å². The summed E-state index contributed by atoms with van der Waals surface area (Å²) >= 11 is 0. The maximum atomic E-state index is 5.33.